The first-order valence-electron chi connectivity index (χ1n) is 5.17. The summed E-state index contributed by atoms with van der Waals surface area (Å²) in [5, 5.41) is -0.223. The Morgan fingerprint density at radius 3 is 2.21 bits per heavy atom. The van der Waals surface area contributed by atoms with E-state index in [1.807, 2.05) is 0 Å². The van der Waals surface area contributed by atoms with Crippen LogP contribution < -0.4 is 11.5 Å². The lowest BCUT2D eigenvalue weighted by molar-refractivity contribution is -0.137. The van der Waals surface area contributed by atoms with E-state index in [-0.39, 0.29) is 9.88 Å². The van der Waals surface area contributed by atoms with E-state index in [0.717, 1.165) is 0 Å². The summed E-state index contributed by atoms with van der Waals surface area (Å²) >= 11 is 0.706. The lowest BCUT2D eigenvalue weighted by Crippen LogP contribution is -2.18. The Hall–Kier alpha value is -2.02. The maximum atomic E-state index is 13.1. The number of hydrogen-bond acceptors (Lipinski definition) is 3. The van der Waals surface area contributed by atoms with E-state index >= 15 is 0 Å². The minimum atomic E-state index is -4.69. The molecule has 0 saturated carbocycles. The zero-order chi connectivity index (χ0) is 14.2. The highest BCUT2D eigenvalue weighted by Crippen LogP contribution is 2.46. The monoisotopic (exact) mass is 286 g/mol. The van der Waals surface area contributed by atoms with E-state index in [1.165, 1.54) is 12.1 Å². The number of thiophene rings is 1. The summed E-state index contributed by atoms with van der Waals surface area (Å²) in [6.45, 7) is 0. The van der Waals surface area contributed by atoms with Crippen molar-refractivity contribution in [2.24, 2.45) is 5.73 Å². The van der Waals surface area contributed by atoms with Gasteiger partial charge in [-0.2, -0.15) is 13.2 Å². The molecule has 1 heterocycles. The van der Waals surface area contributed by atoms with Gasteiger partial charge in [-0.05, 0) is 5.56 Å². The number of nitrogens with two attached hydrogens (primary N) is 2. The molecule has 0 saturated heterocycles. The van der Waals surface area contributed by atoms with E-state index < -0.39 is 23.2 Å². The summed E-state index contributed by atoms with van der Waals surface area (Å²) in [4.78, 5) is 11.1. The van der Waals surface area contributed by atoms with Gasteiger partial charge in [0.05, 0.1) is 16.1 Å². The summed E-state index contributed by atoms with van der Waals surface area (Å²) in [5.41, 5.74) is 9.11. The van der Waals surface area contributed by atoms with E-state index in [9.17, 15) is 18.0 Å². The van der Waals surface area contributed by atoms with Crippen molar-refractivity contribution in [2.45, 2.75) is 6.18 Å². The van der Waals surface area contributed by atoms with Gasteiger partial charge >= 0.3 is 6.18 Å². The molecule has 2 aromatic rings. The van der Waals surface area contributed by atoms with Gasteiger partial charge in [-0.15, -0.1) is 11.3 Å². The van der Waals surface area contributed by atoms with E-state index in [0.29, 0.717) is 16.9 Å². The maximum Gasteiger partial charge on any atom is 0.418 e. The molecule has 19 heavy (non-hydrogen) atoms. The third-order valence-corrected chi connectivity index (χ3v) is 3.57. The Labute approximate surface area is 110 Å². The second-order valence-electron chi connectivity index (χ2n) is 3.77. The summed E-state index contributed by atoms with van der Waals surface area (Å²) in [5.74, 6) is -1.18. The quantitative estimate of drug-likeness (QED) is 0.890. The predicted octanol–water partition coefficient (Wildman–Crippen LogP) is 3.12. The molecule has 0 bridgehead atoms. The molecule has 4 N–H and O–H groups in total. The van der Waals surface area contributed by atoms with Gasteiger partial charge in [0, 0.05) is 4.88 Å². The standard InChI is InChI=1S/C12H9F3N2OS/c13-12(14,15)8-7(10(16)18)11(17)19-9(8)6-4-2-1-3-5-6/h1-5H,17H2,(H2,16,18). The first kappa shape index (κ1) is 13.4. The predicted molar refractivity (Wildman–Crippen MR) is 67.7 cm³/mol. The molecule has 0 unspecified atom stereocenters. The number of alkyl halides is 3. The van der Waals surface area contributed by atoms with Crippen LogP contribution in [0.5, 0.6) is 0 Å². The van der Waals surface area contributed by atoms with Gasteiger partial charge in [0.15, 0.2) is 0 Å². The van der Waals surface area contributed by atoms with Crippen molar-refractivity contribution in [3.05, 3.63) is 41.5 Å². The molecule has 0 fully saturated rings. The SMILES string of the molecule is NC(=O)c1c(N)sc(-c2ccccc2)c1C(F)(F)F. The molecule has 0 aliphatic heterocycles. The number of benzene rings is 1. The highest BCUT2D eigenvalue weighted by Gasteiger charge is 2.41. The van der Waals surface area contributed by atoms with Crippen LogP contribution in [-0.2, 0) is 6.18 Å². The third-order valence-electron chi connectivity index (χ3n) is 2.50. The number of amides is 1. The van der Waals surface area contributed by atoms with E-state index in [4.69, 9.17) is 11.5 Å². The highest BCUT2D eigenvalue weighted by molar-refractivity contribution is 7.20. The van der Waals surface area contributed by atoms with Crippen LogP contribution in [0.2, 0.25) is 0 Å². The minimum absolute atomic E-state index is 0.0978. The molecule has 1 amide bonds. The molecule has 1 aromatic carbocycles. The van der Waals surface area contributed by atoms with Crippen molar-refractivity contribution in [2.75, 3.05) is 5.73 Å². The van der Waals surface area contributed by atoms with Gasteiger partial charge in [-0.1, -0.05) is 30.3 Å². The third kappa shape index (κ3) is 2.41. The summed E-state index contributed by atoms with van der Waals surface area (Å²) in [6.07, 6.45) is -4.69. The van der Waals surface area contributed by atoms with Gasteiger partial charge in [0.25, 0.3) is 5.91 Å². The van der Waals surface area contributed by atoms with Gasteiger partial charge in [-0.25, -0.2) is 0 Å². The van der Waals surface area contributed by atoms with Crippen molar-refractivity contribution >= 4 is 22.2 Å². The number of nitrogen functional groups attached to an aromatic ring is 1. The molecule has 1 aromatic heterocycles. The highest BCUT2D eigenvalue weighted by atomic mass is 32.1. The summed E-state index contributed by atoms with van der Waals surface area (Å²) < 4.78 is 39.3. The van der Waals surface area contributed by atoms with Crippen LogP contribution in [0.1, 0.15) is 15.9 Å². The molecule has 3 nitrogen and oxygen atoms in total. The second-order valence-corrected chi connectivity index (χ2v) is 4.83. The number of carbonyl (C=O) groups is 1. The Morgan fingerprint density at radius 2 is 1.74 bits per heavy atom. The van der Waals surface area contributed by atoms with Crippen molar-refractivity contribution in [1.82, 2.24) is 0 Å². The molecule has 100 valence electrons. The zero-order valence-corrected chi connectivity index (χ0v) is 10.3. The normalized spacial score (nSPS) is 11.5. The van der Waals surface area contributed by atoms with Crippen LogP contribution in [0.15, 0.2) is 30.3 Å². The van der Waals surface area contributed by atoms with Crippen molar-refractivity contribution in [3.63, 3.8) is 0 Å². The lowest BCUT2D eigenvalue weighted by atomic mass is 10.0. The van der Waals surface area contributed by atoms with Crippen molar-refractivity contribution in [3.8, 4) is 10.4 Å². The molecule has 2 rings (SSSR count). The van der Waals surface area contributed by atoms with Gasteiger partial charge in [-0.3, -0.25) is 4.79 Å². The van der Waals surface area contributed by atoms with E-state index in [2.05, 4.69) is 0 Å². The number of anilines is 1. The van der Waals surface area contributed by atoms with Crippen LogP contribution >= 0.6 is 11.3 Å². The maximum absolute atomic E-state index is 13.1. The topological polar surface area (TPSA) is 69.1 Å². The molecular weight excluding hydrogens is 277 g/mol. The fraction of sp³-hybridized carbons (Fsp3) is 0.0833. The molecular formula is C12H9F3N2OS. The fourth-order valence-corrected chi connectivity index (χ4v) is 2.86. The van der Waals surface area contributed by atoms with Gasteiger partial charge < -0.3 is 11.5 Å². The van der Waals surface area contributed by atoms with Crippen LogP contribution in [0.4, 0.5) is 18.2 Å². The Morgan fingerprint density at radius 1 is 1.16 bits per heavy atom. The van der Waals surface area contributed by atoms with Gasteiger partial charge in [0.1, 0.15) is 0 Å². The largest absolute Gasteiger partial charge is 0.418 e. The molecule has 0 spiro atoms. The summed E-state index contributed by atoms with van der Waals surface area (Å²) in [7, 11) is 0. The minimum Gasteiger partial charge on any atom is -0.390 e. The molecule has 7 heteroatoms. The first-order chi connectivity index (χ1) is 8.82. The number of carbonyl (C=O) groups excluding carboxylic acids is 1. The molecule has 0 atom stereocenters. The number of hydrogen-bond donors (Lipinski definition) is 2. The zero-order valence-electron chi connectivity index (χ0n) is 9.49. The van der Waals surface area contributed by atoms with Crippen LogP contribution in [0, 0.1) is 0 Å². The second kappa shape index (κ2) is 4.58. The fourth-order valence-electron chi connectivity index (χ4n) is 1.76. The number of primary amides is 1. The Bertz CT molecular complexity index is 620. The van der Waals surface area contributed by atoms with Crippen molar-refractivity contribution < 1.29 is 18.0 Å². The summed E-state index contributed by atoms with van der Waals surface area (Å²) in [6, 6.07) is 7.93. The molecule has 0 aliphatic carbocycles. The van der Waals surface area contributed by atoms with Crippen LogP contribution in [-0.4, -0.2) is 5.91 Å². The number of rotatable bonds is 2. The smallest absolute Gasteiger partial charge is 0.390 e. The first-order valence-corrected chi connectivity index (χ1v) is 5.98. The Kier molecular flexibility index (Phi) is 3.23. The van der Waals surface area contributed by atoms with Crippen molar-refractivity contribution in [1.29, 1.82) is 0 Å². The van der Waals surface area contributed by atoms with Crippen LogP contribution in [0.25, 0.3) is 10.4 Å². The molecule has 0 aliphatic rings. The molecule has 0 radical (unpaired) electrons. The number of halogens is 3. The average molecular weight is 286 g/mol. The van der Waals surface area contributed by atoms with E-state index in [1.54, 1.807) is 18.2 Å². The lowest BCUT2D eigenvalue weighted by Gasteiger charge is -2.10. The van der Waals surface area contributed by atoms with Crippen LogP contribution in [0.3, 0.4) is 0 Å². The Balaban J connectivity index is 2.76. The van der Waals surface area contributed by atoms with Gasteiger partial charge in [0.2, 0.25) is 0 Å². The average Bonchev–Trinajstić information content (AvgIpc) is 2.68.